The number of aliphatic hydroxyl groups excluding tert-OH is 1. The highest BCUT2D eigenvalue weighted by atomic mass is 32.2. The molecular formula is C12H15NO3S. The summed E-state index contributed by atoms with van der Waals surface area (Å²) in [4.78, 5) is 10.3. The number of nitro groups is 1. The third kappa shape index (κ3) is 3.57. The maximum atomic E-state index is 10.7. The van der Waals surface area contributed by atoms with Crippen molar-refractivity contribution in [3.8, 4) is 0 Å². The van der Waals surface area contributed by atoms with E-state index in [2.05, 4.69) is 0 Å². The van der Waals surface area contributed by atoms with Gasteiger partial charge in [0.05, 0.1) is 11.5 Å². The summed E-state index contributed by atoms with van der Waals surface area (Å²) in [5.41, 5.74) is 2.92. The largest absolute Gasteiger partial charge is 0.392 e. The number of rotatable bonds is 5. The van der Waals surface area contributed by atoms with Crippen molar-refractivity contribution in [2.45, 2.75) is 12.7 Å². The fraction of sp³-hybridized carbons (Fsp3) is 0.333. The molecule has 0 spiro atoms. The van der Waals surface area contributed by atoms with E-state index >= 15 is 0 Å². The van der Waals surface area contributed by atoms with Crippen LogP contribution in [0.2, 0.25) is 0 Å². The number of thioether (sulfide) groups is 1. The van der Waals surface area contributed by atoms with Crippen LogP contribution < -0.4 is 0 Å². The van der Waals surface area contributed by atoms with Crippen molar-refractivity contribution in [3.63, 3.8) is 0 Å². The van der Waals surface area contributed by atoms with Gasteiger partial charge < -0.3 is 5.11 Å². The monoisotopic (exact) mass is 253 g/mol. The van der Waals surface area contributed by atoms with E-state index in [0.717, 1.165) is 16.7 Å². The first kappa shape index (κ1) is 13.7. The molecule has 0 radical (unpaired) electrons. The van der Waals surface area contributed by atoms with Gasteiger partial charge in [-0.05, 0) is 35.9 Å². The van der Waals surface area contributed by atoms with Crippen molar-refractivity contribution in [2.24, 2.45) is 0 Å². The van der Waals surface area contributed by atoms with Gasteiger partial charge in [-0.15, -0.1) is 0 Å². The van der Waals surface area contributed by atoms with E-state index in [0.29, 0.717) is 5.75 Å². The molecule has 0 saturated heterocycles. The minimum absolute atomic E-state index is 0.0263. The van der Waals surface area contributed by atoms with Crippen LogP contribution in [0, 0.1) is 10.1 Å². The molecule has 1 N–H and O–H groups in total. The van der Waals surface area contributed by atoms with Gasteiger partial charge in [0, 0.05) is 17.9 Å². The second-order valence-electron chi connectivity index (χ2n) is 3.60. The zero-order chi connectivity index (χ0) is 12.8. The minimum atomic E-state index is -0.390. The second-order valence-corrected chi connectivity index (χ2v) is 4.47. The number of nitro benzene ring substituents is 1. The van der Waals surface area contributed by atoms with Gasteiger partial charge in [-0.1, -0.05) is 6.08 Å². The summed E-state index contributed by atoms with van der Waals surface area (Å²) >= 11 is 1.61. The normalized spacial score (nSPS) is 11.6. The van der Waals surface area contributed by atoms with Gasteiger partial charge in [-0.3, -0.25) is 10.1 Å². The highest BCUT2D eigenvalue weighted by Crippen LogP contribution is 2.26. The molecular weight excluding hydrogens is 238 g/mol. The maximum absolute atomic E-state index is 10.7. The van der Waals surface area contributed by atoms with Crippen LogP contribution in [0.4, 0.5) is 5.69 Å². The van der Waals surface area contributed by atoms with Gasteiger partial charge in [-0.2, -0.15) is 11.8 Å². The predicted octanol–water partition coefficient (Wildman–Crippen LogP) is 2.85. The van der Waals surface area contributed by atoms with Crippen molar-refractivity contribution in [1.82, 2.24) is 0 Å². The smallest absolute Gasteiger partial charge is 0.269 e. The quantitative estimate of drug-likeness (QED) is 0.647. The zero-order valence-electron chi connectivity index (χ0n) is 9.84. The number of allylic oxidation sites excluding steroid dienone is 1. The SMILES string of the molecule is CSCc1cc([N+](=O)[O-])ccc1/C(C)=C\CO. The summed E-state index contributed by atoms with van der Waals surface area (Å²) in [6.07, 6.45) is 3.65. The Kier molecular flexibility index (Phi) is 5.18. The third-order valence-corrected chi connectivity index (χ3v) is 3.02. The lowest BCUT2D eigenvalue weighted by Crippen LogP contribution is -1.95. The highest BCUT2D eigenvalue weighted by Gasteiger charge is 2.11. The number of nitrogens with zero attached hydrogens (tertiary/aromatic N) is 1. The molecule has 0 amide bonds. The van der Waals surface area contributed by atoms with Crippen LogP contribution in [-0.2, 0) is 5.75 Å². The Morgan fingerprint density at radius 2 is 2.29 bits per heavy atom. The topological polar surface area (TPSA) is 63.4 Å². The van der Waals surface area contributed by atoms with Crippen molar-refractivity contribution < 1.29 is 10.0 Å². The molecule has 1 rings (SSSR count). The van der Waals surface area contributed by atoms with Crippen molar-refractivity contribution in [1.29, 1.82) is 0 Å². The van der Waals surface area contributed by atoms with Gasteiger partial charge in [0.25, 0.3) is 5.69 Å². The van der Waals surface area contributed by atoms with E-state index in [9.17, 15) is 10.1 Å². The minimum Gasteiger partial charge on any atom is -0.392 e. The number of hydrogen-bond acceptors (Lipinski definition) is 4. The Morgan fingerprint density at radius 3 is 2.82 bits per heavy atom. The summed E-state index contributed by atoms with van der Waals surface area (Å²) in [6, 6.07) is 4.83. The van der Waals surface area contributed by atoms with Crippen LogP contribution in [0.25, 0.3) is 5.57 Å². The molecule has 0 saturated carbocycles. The summed E-state index contributed by atoms with van der Waals surface area (Å²) in [5, 5.41) is 19.6. The van der Waals surface area contributed by atoms with Gasteiger partial charge in [0.15, 0.2) is 0 Å². The second kappa shape index (κ2) is 6.42. The number of hydrogen-bond donors (Lipinski definition) is 1. The molecule has 0 aliphatic rings. The molecule has 5 heteroatoms. The standard InChI is InChI=1S/C12H15NO3S/c1-9(5-6-14)12-4-3-11(13(15)16)7-10(12)8-17-2/h3-5,7,14H,6,8H2,1-2H3/b9-5-. The van der Waals surface area contributed by atoms with Gasteiger partial charge >= 0.3 is 0 Å². The molecule has 0 aliphatic heterocycles. The van der Waals surface area contributed by atoms with E-state index in [1.165, 1.54) is 6.07 Å². The molecule has 0 atom stereocenters. The van der Waals surface area contributed by atoms with Crippen LogP contribution >= 0.6 is 11.8 Å². The van der Waals surface area contributed by atoms with Gasteiger partial charge in [0.1, 0.15) is 0 Å². The average molecular weight is 253 g/mol. The lowest BCUT2D eigenvalue weighted by Gasteiger charge is -2.08. The summed E-state index contributed by atoms with van der Waals surface area (Å²) in [7, 11) is 0. The third-order valence-electron chi connectivity index (χ3n) is 2.42. The van der Waals surface area contributed by atoms with Crippen LogP contribution in [0.3, 0.4) is 0 Å². The van der Waals surface area contributed by atoms with E-state index < -0.39 is 4.92 Å². The lowest BCUT2D eigenvalue weighted by molar-refractivity contribution is -0.384. The van der Waals surface area contributed by atoms with Crippen LogP contribution in [0.5, 0.6) is 0 Å². The fourth-order valence-corrected chi connectivity index (χ4v) is 2.15. The number of non-ortho nitro benzene ring substituents is 1. The van der Waals surface area contributed by atoms with E-state index in [1.54, 1.807) is 30.0 Å². The first-order valence-corrected chi connectivity index (χ1v) is 6.53. The molecule has 0 aliphatic carbocycles. The Morgan fingerprint density at radius 1 is 1.59 bits per heavy atom. The molecule has 0 aromatic heterocycles. The molecule has 0 fully saturated rings. The van der Waals surface area contributed by atoms with Crippen LogP contribution in [-0.4, -0.2) is 22.9 Å². The van der Waals surface area contributed by atoms with E-state index in [-0.39, 0.29) is 12.3 Å². The maximum Gasteiger partial charge on any atom is 0.269 e. The van der Waals surface area contributed by atoms with Crippen LogP contribution in [0.1, 0.15) is 18.1 Å². The summed E-state index contributed by atoms with van der Waals surface area (Å²) < 4.78 is 0. The predicted molar refractivity (Wildman–Crippen MR) is 71.1 cm³/mol. The lowest BCUT2D eigenvalue weighted by atomic mass is 10.0. The Hall–Kier alpha value is -1.33. The number of aliphatic hydroxyl groups is 1. The molecule has 4 nitrogen and oxygen atoms in total. The summed E-state index contributed by atoms with van der Waals surface area (Å²) in [6.45, 7) is 1.86. The molecule has 0 unspecified atom stereocenters. The van der Waals surface area contributed by atoms with Crippen molar-refractivity contribution in [2.75, 3.05) is 12.9 Å². The molecule has 17 heavy (non-hydrogen) atoms. The van der Waals surface area contributed by atoms with Crippen molar-refractivity contribution >= 4 is 23.0 Å². The van der Waals surface area contributed by atoms with Gasteiger partial charge in [0.2, 0.25) is 0 Å². The fourth-order valence-electron chi connectivity index (χ4n) is 1.60. The van der Waals surface area contributed by atoms with E-state index in [1.807, 2.05) is 13.2 Å². The average Bonchev–Trinajstić information content (AvgIpc) is 2.29. The highest BCUT2D eigenvalue weighted by molar-refractivity contribution is 7.97. The molecule has 0 heterocycles. The van der Waals surface area contributed by atoms with Gasteiger partial charge in [-0.25, -0.2) is 0 Å². The molecule has 92 valence electrons. The Labute approximate surface area is 105 Å². The van der Waals surface area contributed by atoms with E-state index in [4.69, 9.17) is 5.11 Å². The summed E-state index contributed by atoms with van der Waals surface area (Å²) in [5.74, 6) is 0.716. The molecule has 1 aromatic carbocycles. The Bertz CT molecular complexity index is 443. The number of benzene rings is 1. The molecule has 1 aromatic rings. The first-order valence-electron chi connectivity index (χ1n) is 5.14. The first-order chi connectivity index (χ1) is 8.10. The van der Waals surface area contributed by atoms with Crippen molar-refractivity contribution in [3.05, 3.63) is 45.5 Å². The van der Waals surface area contributed by atoms with Crippen LogP contribution in [0.15, 0.2) is 24.3 Å². The molecule has 0 bridgehead atoms. The Balaban J connectivity index is 3.21. The zero-order valence-corrected chi connectivity index (χ0v) is 10.7.